The van der Waals surface area contributed by atoms with Crippen molar-refractivity contribution in [3.8, 4) is 0 Å². The molecule has 0 fully saturated rings. The van der Waals surface area contributed by atoms with Gasteiger partial charge in [-0.25, -0.2) is 0 Å². The SMILES string of the molecule is CC(C)O[C@@H](CNCc1ccccc1)[C@H](Cc1ccccc1)N(Cc1ccccc1)Cc1ccccc1. The van der Waals surface area contributed by atoms with E-state index >= 15 is 0 Å². The van der Waals surface area contributed by atoms with E-state index in [0.29, 0.717) is 0 Å². The molecular formula is C34H40N2O. The van der Waals surface area contributed by atoms with E-state index in [-0.39, 0.29) is 18.2 Å². The first-order valence-corrected chi connectivity index (χ1v) is 13.4. The van der Waals surface area contributed by atoms with Crippen molar-refractivity contribution in [2.75, 3.05) is 6.54 Å². The summed E-state index contributed by atoms with van der Waals surface area (Å²) in [6.45, 7) is 7.62. The number of nitrogens with one attached hydrogen (secondary N) is 1. The summed E-state index contributed by atoms with van der Waals surface area (Å²) in [5, 5.41) is 3.70. The van der Waals surface area contributed by atoms with Crippen LogP contribution in [0.2, 0.25) is 0 Å². The number of benzene rings is 4. The van der Waals surface area contributed by atoms with Gasteiger partial charge in [0.1, 0.15) is 0 Å². The largest absolute Gasteiger partial charge is 0.373 e. The average Bonchev–Trinajstić information content (AvgIpc) is 2.93. The van der Waals surface area contributed by atoms with Gasteiger partial charge in [-0.05, 0) is 42.5 Å². The van der Waals surface area contributed by atoms with Crippen LogP contribution in [-0.4, -0.2) is 29.7 Å². The lowest BCUT2D eigenvalue weighted by molar-refractivity contribution is -0.0489. The van der Waals surface area contributed by atoms with Crippen LogP contribution in [0.4, 0.5) is 0 Å². The highest BCUT2D eigenvalue weighted by Gasteiger charge is 2.29. The van der Waals surface area contributed by atoms with Gasteiger partial charge in [0.05, 0.1) is 12.2 Å². The maximum Gasteiger partial charge on any atom is 0.0861 e. The minimum absolute atomic E-state index is 0.0244. The van der Waals surface area contributed by atoms with E-state index in [4.69, 9.17) is 4.74 Å². The molecule has 0 saturated carbocycles. The minimum atomic E-state index is 0.0244. The van der Waals surface area contributed by atoms with Crippen LogP contribution in [0.1, 0.15) is 36.1 Å². The van der Waals surface area contributed by atoms with Crippen molar-refractivity contribution in [3.05, 3.63) is 144 Å². The van der Waals surface area contributed by atoms with Gasteiger partial charge in [0.15, 0.2) is 0 Å². The zero-order valence-corrected chi connectivity index (χ0v) is 22.2. The van der Waals surface area contributed by atoms with Gasteiger partial charge < -0.3 is 10.1 Å². The second-order valence-electron chi connectivity index (χ2n) is 9.97. The molecule has 0 saturated heterocycles. The standard InChI is InChI=1S/C34H40N2O/c1-28(2)37-34(25-35-24-30-17-9-4-10-18-30)33(23-29-15-7-3-8-16-29)36(26-31-19-11-5-12-20-31)27-32-21-13-6-14-22-32/h3-22,28,33-35H,23-27H2,1-2H3/t33-,34-/m0/s1. The summed E-state index contributed by atoms with van der Waals surface area (Å²) < 4.78 is 6.67. The van der Waals surface area contributed by atoms with Crippen LogP contribution in [0, 0.1) is 0 Å². The molecular weight excluding hydrogens is 452 g/mol. The van der Waals surface area contributed by atoms with E-state index in [0.717, 1.165) is 32.6 Å². The van der Waals surface area contributed by atoms with Gasteiger partial charge in [-0.2, -0.15) is 0 Å². The van der Waals surface area contributed by atoms with Crippen LogP contribution in [0.5, 0.6) is 0 Å². The van der Waals surface area contributed by atoms with Gasteiger partial charge in [-0.15, -0.1) is 0 Å². The van der Waals surface area contributed by atoms with Crippen molar-refractivity contribution in [2.45, 2.75) is 58.2 Å². The molecule has 0 aliphatic heterocycles. The molecule has 4 aromatic rings. The van der Waals surface area contributed by atoms with Crippen molar-refractivity contribution in [1.82, 2.24) is 10.2 Å². The molecule has 0 amide bonds. The van der Waals surface area contributed by atoms with E-state index in [1.807, 2.05) is 0 Å². The summed E-state index contributed by atoms with van der Waals surface area (Å²) in [5.41, 5.74) is 5.25. The van der Waals surface area contributed by atoms with Crippen LogP contribution in [-0.2, 0) is 30.8 Å². The van der Waals surface area contributed by atoms with Crippen LogP contribution in [0.3, 0.4) is 0 Å². The first-order valence-electron chi connectivity index (χ1n) is 13.4. The monoisotopic (exact) mass is 492 g/mol. The maximum atomic E-state index is 6.67. The Hall–Kier alpha value is -3.24. The zero-order chi connectivity index (χ0) is 25.7. The molecule has 4 aromatic carbocycles. The molecule has 0 spiro atoms. The Bertz CT molecular complexity index is 1090. The third-order valence-corrected chi connectivity index (χ3v) is 6.61. The third-order valence-electron chi connectivity index (χ3n) is 6.61. The normalized spacial score (nSPS) is 13.1. The second-order valence-corrected chi connectivity index (χ2v) is 9.97. The molecule has 0 aliphatic rings. The summed E-state index contributed by atoms with van der Waals surface area (Å²) in [6, 6.07) is 43.2. The Morgan fingerprint density at radius 1 is 0.595 bits per heavy atom. The Kier molecular flexibility index (Phi) is 10.5. The Labute approximate surface area is 223 Å². The highest BCUT2D eigenvalue weighted by Crippen LogP contribution is 2.22. The molecule has 192 valence electrons. The molecule has 2 atom stereocenters. The quantitative estimate of drug-likeness (QED) is 0.208. The van der Waals surface area contributed by atoms with E-state index in [2.05, 4.69) is 145 Å². The van der Waals surface area contributed by atoms with E-state index < -0.39 is 0 Å². The first kappa shape index (κ1) is 26.8. The van der Waals surface area contributed by atoms with E-state index in [9.17, 15) is 0 Å². The number of ether oxygens (including phenoxy) is 1. The summed E-state index contributed by atoms with van der Waals surface area (Å²) in [7, 11) is 0. The molecule has 0 radical (unpaired) electrons. The van der Waals surface area contributed by atoms with E-state index in [1.165, 1.54) is 22.3 Å². The van der Waals surface area contributed by atoms with Crippen molar-refractivity contribution >= 4 is 0 Å². The van der Waals surface area contributed by atoms with Gasteiger partial charge in [0.25, 0.3) is 0 Å². The number of rotatable bonds is 14. The summed E-state index contributed by atoms with van der Waals surface area (Å²) >= 11 is 0. The van der Waals surface area contributed by atoms with Crippen molar-refractivity contribution in [3.63, 3.8) is 0 Å². The van der Waals surface area contributed by atoms with E-state index in [1.54, 1.807) is 0 Å². The Morgan fingerprint density at radius 3 is 1.49 bits per heavy atom. The molecule has 0 aromatic heterocycles. The maximum absolute atomic E-state index is 6.67. The number of hydrogen-bond acceptors (Lipinski definition) is 3. The topological polar surface area (TPSA) is 24.5 Å². The molecule has 37 heavy (non-hydrogen) atoms. The molecule has 1 N–H and O–H groups in total. The molecule has 0 heterocycles. The molecule has 3 nitrogen and oxygen atoms in total. The Balaban J connectivity index is 1.63. The van der Waals surface area contributed by atoms with Gasteiger partial charge in [-0.1, -0.05) is 121 Å². The average molecular weight is 493 g/mol. The van der Waals surface area contributed by atoms with Gasteiger partial charge in [-0.3, -0.25) is 4.90 Å². The second kappa shape index (κ2) is 14.5. The van der Waals surface area contributed by atoms with Crippen LogP contribution in [0.25, 0.3) is 0 Å². The van der Waals surface area contributed by atoms with Crippen molar-refractivity contribution in [1.29, 1.82) is 0 Å². The fourth-order valence-electron chi connectivity index (χ4n) is 4.86. The molecule has 3 heteroatoms. The molecule has 0 unspecified atom stereocenters. The van der Waals surface area contributed by atoms with Crippen LogP contribution >= 0.6 is 0 Å². The van der Waals surface area contributed by atoms with Gasteiger partial charge >= 0.3 is 0 Å². The lowest BCUT2D eigenvalue weighted by atomic mass is 9.97. The predicted molar refractivity (Wildman–Crippen MR) is 154 cm³/mol. The smallest absolute Gasteiger partial charge is 0.0861 e. The fraction of sp³-hybridized carbons (Fsp3) is 0.294. The first-order chi connectivity index (χ1) is 18.2. The van der Waals surface area contributed by atoms with Crippen molar-refractivity contribution in [2.24, 2.45) is 0 Å². The lowest BCUT2D eigenvalue weighted by Crippen LogP contribution is -2.50. The highest BCUT2D eigenvalue weighted by atomic mass is 16.5. The Morgan fingerprint density at radius 2 is 1.03 bits per heavy atom. The molecule has 0 bridgehead atoms. The summed E-state index contributed by atoms with van der Waals surface area (Å²) in [4.78, 5) is 2.61. The number of nitrogens with zero attached hydrogens (tertiary/aromatic N) is 1. The molecule has 4 rings (SSSR count). The van der Waals surface area contributed by atoms with Gasteiger partial charge in [0.2, 0.25) is 0 Å². The van der Waals surface area contributed by atoms with Crippen molar-refractivity contribution < 1.29 is 4.74 Å². The minimum Gasteiger partial charge on any atom is -0.373 e. The summed E-state index contributed by atoms with van der Waals surface area (Å²) in [6.07, 6.45) is 1.08. The zero-order valence-electron chi connectivity index (χ0n) is 22.2. The van der Waals surface area contributed by atoms with Crippen LogP contribution in [0.15, 0.2) is 121 Å². The highest BCUT2D eigenvalue weighted by molar-refractivity contribution is 5.20. The summed E-state index contributed by atoms with van der Waals surface area (Å²) in [5.74, 6) is 0. The van der Waals surface area contributed by atoms with Gasteiger partial charge in [0, 0.05) is 32.2 Å². The number of hydrogen-bond donors (Lipinski definition) is 1. The third kappa shape index (κ3) is 8.98. The molecule has 0 aliphatic carbocycles. The predicted octanol–water partition coefficient (Wildman–Crippen LogP) is 6.88. The lowest BCUT2D eigenvalue weighted by Gasteiger charge is -2.38. The van der Waals surface area contributed by atoms with Crippen LogP contribution < -0.4 is 5.32 Å². The fourth-order valence-corrected chi connectivity index (χ4v) is 4.86.